The van der Waals surface area contributed by atoms with Gasteiger partial charge in [0, 0.05) is 0 Å². The lowest BCUT2D eigenvalue weighted by molar-refractivity contribution is -0.120. The monoisotopic (exact) mass is 458 g/mol. The molecule has 0 N–H and O–H groups in total. The molecule has 2 atom stereocenters. The van der Waals surface area contributed by atoms with E-state index in [0.717, 1.165) is 12.8 Å². The van der Waals surface area contributed by atoms with Crippen molar-refractivity contribution in [3.63, 3.8) is 0 Å². The lowest BCUT2D eigenvalue weighted by Crippen LogP contribution is -2.34. The molecule has 0 saturated heterocycles. The van der Waals surface area contributed by atoms with E-state index in [0.29, 0.717) is 5.78 Å². The van der Waals surface area contributed by atoms with Crippen molar-refractivity contribution in [1.29, 1.82) is 0 Å². The third kappa shape index (κ3) is 2.20. The molecule has 0 fully saturated rings. The second-order valence-corrected chi connectivity index (χ2v) is 10.7. The van der Waals surface area contributed by atoms with Gasteiger partial charge in [0.25, 0.3) is 0 Å². The number of ketones is 1. The fraction of sp³-hybridized carbons (Fsp3) is 0.114. The van der Waals surface area contributed by atoms with Gasteiger partial charge in [-0.3, -0.25) is 4.79 Å². The minimum atomic E-state index is -0.226. The largest absolute Gasteiger partial charge is 0.298 e. The lowest BCUT2D eigenvalue weighted by atomic mass is 9.61. The predicted molar refractivity (Wildman–Crippen MR) is 146 cm³/mol. The zero-order valence-electron chi connectivity index (χ0n) is 19.7. The molecule has 36 heavy (non-hydrogen) atoms. The van der Waals surface area contributed by atoms with Gasteiger partial charge in [0.1, 0.15) is 0 Å². The van der Waals surface area contributed by atoms with E-state index in [2.05, 4.69) is 97.1 Å². The maximum atomic E-state index is 15.0. The van der Waals surface area contributed by atoms with Gasteiger partial charge in [-0.15, -0.1) is 0 Å². The molecule has 1 heteroatoms. The molecule has 0 amide bonds. The van der Waals surface area contributed by atoms with Crippen LogP contribution in [0.25, 0.3) is 32.3 Å². The van der Waals surface area contributed by atoms with Gasteiger partial charge in [-0.2, -0.15) is 0 Å². The van der Waals surface area contributed by atoms with Crippen molar-refractivity contribution >= 4 is 38.1 Å². The molecule has 0 radical (unpaired) electrons. The van der Waals surface area contributed by atoms with E-state index >= 15 is 0 Å². The Bertz CT molecular complexity index is 1840. The van der Waals surface area contributed by atoms with E-state index < -0.39 is 0 Å². The van der Waals surface area contributed by atoms with Gasteiger partial charge in [0.05, 0.1) is 11.8 Å². The van der Waals surface area contributed by atoms with E-state index in [1.165, 1.54) is 76.8 Å². The summed E-state index contributed by atoms with van der Waals surface area (Å²) in [5.74, 6) is -0.106. The standard InChI is InChI=1S/C35H22O/c36-35-33-28-22(13-9-19-5-1-3-7-26(19)28)17-24-15-11-21-12-16-25-18-23-14-10-20-6-2-4-8-27(20)29(23)34(35)32(25)30(21)31(24)33/h1-16,33-34H,17-18H2. The smallest absolute Gasteiger partial charge is 0.156 e. The van der Waals surface area contributed by atoms with Crippen molar-refractivity contribution in [2.45, 2.75) is 24.7 Å². The van der Waals surface area contributed by atoms with E-state index in [1.807, 2.05) is 0 Å². The van der Waals surface area contributed by atoms with Crippen LogP contribution >= 0.6 is 0 Å². The van der Waals surface area contributed by atoms with Gasteiger partial charge in [0.15, 0.2) is 5.78 Å². The number of hydrogen-bond acceptors (Lipinski definition) is 1. The third-order valence-corrected chi connectivity index (χ3v) is 9.05. The molecular weight excluding hydrogens is 436 g/mol. The topological polar surface area (TPSA) is 17.1 Å². The van der Waals surface area contributed by atoms with Crippen molar-refractivity contribution < 1.29 is 4.79 Å². The van der Waals surface area contributed by atoms with Crippen LogP contribution in [0.2, 0.25) is 0 Å². The molecule has 0 aromatic heterocycles. The average Bonchev–Trinajstić information content (AvgIpc) is 2.93. The van der Waals surface area contributed by atoms with Crippen LogP contribution in [0.15, 0.2) is 97.1 Å². The number of rotatable bonds is 0. The first kappa shape index (κ1) is 19.0. The zero-order valence-corrected chi connectivity index (χ0v) is 19.7. The van der Waals surface area contributed by atoms with Gasteiger partial charge in [0.2, 0.25) is 0 Å². The van der Waals surface area contributed by atoms with Crippen LogP contribution in [-0.2, 0) is 17.6 Å². The average molecular weight is 459 g/mol. The summed E-state index contributed by atoms with van der Waals surface area (Å²) in [4.78, 5) is 15.0. The summed E-state index contributed by atoms with van der Waals surface area (Å²) in [5.41, 5.74) is 10.3. The fourth-order valence-electron chi connectivity index (χ4n) is 7.63. The Kier molecular flexibility index (Phi) is 3.43. The Morgan fingerprint density at radius 2 is 0.861 bits per heavy atom. The zero-order chi connectivity index (χ0) is 23.5. The third-order valence-electron chi connectivity index (χ3n) is 9.05. The molecule has 6 aromatic rings. The number of Topliss-reactive ketones (excluding diaryl/α,β-unsaturated/α-hetero) is 1. The van der Waals surface area contributed by atoms with E-state index in [4.69, 9.17) is 0 Å². The lowest BCUT2D eigenvalue weighted by Gasteiger charge is -2.40. The van der Waals surface area contributed by atoms with Gasteiger partial charge in [-0.1, -0.05) is 97.1 Å². The Labute approximate surface area is 209 Å². The minimum Gasteiger partial charge on any atom is -0.298 e. The Morgan fingerprint density at radius 1 is 0.444 bits per heavy atom. The normalized spacial score (nSPS) is 18.9. The van der Waals surface area contributed by atoms with Crippen LogP contribution in [0.4, 0.5) is 0 Å². The summed E-state index contributed by atoms with van der Waals surface area (Å²) in [6.45, 7) is 0. The molecule has 2 unspecified atom stereocenters. The van der Waals surface area contributed by atoms with Crippen LogP contribution in [0.1, 0.15) is 56.3 Å². The molecule has 0 bridgehead atoms. The molecule has 0 aliphatic heterocycles. The second-order valence-electron chi connectivity index (χ2n) is 10.7. The van der Waals surface area contributed by atoms with Gasteiger partial charge >= 0.3 is 0 Å². The number of fused-ring (bicyclic) bond motifs is 8. The van der Waals surface area contributed by atoms with Crippen molar-refractivity contribution in [1.82, 2.24) is 0 Å². The number of hydrogen-bond donors (Lipinski definition) is 0. The molecule has 1 nitrogen and oxygen atoms in total. The summed E-state index contributed by atoms with van der Waals surface area (Å²) >= 11 is 0. The van der Waals surface area contributed by atoms with Gasteiger partial charge < -0.3 is 0 Å². The Morgan fingerprint density at radius 3 is 1.36 bits per heavy atom. The molecule has 0 saturated carbocycles. The van der Waals surface area contributed by atoms with Crippen molar-refractivity contribution in [3.05, 3.63) is 142 Å². The van der Waals surface area contributed by atoms with Crippen LogP contribution in [-0.4, -0.2) is 5.78 Å². The van der Waals surface area contributed by atoms with Crippen molar-refractivity contribution in [2.75, 3.05) is 0 Å². The number of benzene rings is 6. The highest BCUT2D eigenvalue weighted by molar-refractivity contribution is 6.13. The first-order valence-corrected chi connectivity index (χ1v) is 12.9. The Hall–Kier alpha value is -4.23. The molecule has 3 aliphatic carbocycles. The molecule has 9 rings (SSSR count). The number of carbonyl (C=O) groups is 1. The first-order valence-electron chi connectivity index (χ1n) is 12.9. The summed E-state index contributed by atoms with van der Waals surface area (Å²) < 4.78 is 0. The maximum Gasteiger partial charge on any atom is 0.156 e. The quantitative estimate of drug-likeness (QED) is 0.227. The summed E-state index contributed by atoms with van der Waals surface area (Å²) in [6, 6.07) is 35.3. The van der Waals surface area contributed by atoms with Crippen LogP contribution in [0, 0.1) is 0 Å². The van der Waals surface area contributed by atoms with E-state index in [-0.39, 0.29) is 11.8 Å². The van der Waals surface area contributed by atoms with Gasteiger partial charge in [-0.05, 0) is 89.7 Å². The summed E-state index contributed by atoms with van der Waals surface area (Å²) in [5, 5.41) is 7.50. The molecule has 3 aliphatic rings. The van der Waals surface area contributed by atoms with Crippen LogP contribution < -0.4 is 0 Å². The summed E-state index contributed by atoms with van der Waals surface area (Å²) in [6.07, 6.45) is 1.78. The summed E-state index contributed by atoms with van der Waals surface area (Å²) in [7, 11) is 0. The highest BCUT2D eigenvalue weighted by Gasteiger charge is 2.46. The highest BCUT2D eigenvalue weighted by Crippen LogP contribution is 2.55. The molecule has 6 aromatic carbocycles. The maximum absolute atomic E-state index is 15.0. The Balaban J connectivity index is 1.46. The first-order chi connectivity index (χ1) is 17.8. The SMILES string of the molecule is O=C1C2c3c(ccc4ccccc34)Cc3ccc4ccc5c(c4c32)C1c1c(ccc2ccccc12)C5. The van der Waals surface area contributed by atoms with Crippen LogP contribution in [0.5, 0.6) is 0 Å². The van der Waals surface area contributed by atoms with Crippen LogP contribution in [0.3, 0.4) is 0 Å². The fourth-order valence-corrected chi connectivity index (χ4v) is 7.63. The molecule has 0 spiro atoms. The van der Waals surface area contributed by atoms with Crippen molar-refractivity contribution in [2.24, 2.45) is 0 Å². The molecule has 168 valence electrons. The minimum absolute atomic E-state index is 0.226. The highest BCUT2D eigenvalue weighted by atomic mass is 16.1. The molecule has 0 heterocycles. The predicted octanol–water partition coefficient (Wildman–Crippen LogP) is 7.80. The molecular formula is C35H22O. The van der Waals surface area contributed by atoms with Gasteiger partial charge in [-0.25, -0.2) is 0 Å². The van der Waals surface area contributed by atoms with E-state index in [1.54, 1.807) is 0 Å². The number of carbonyl (C=O) groups excluding carboxylic acids is 1. The second kappa shape index (κ2) is 6.50. The van der Waals surface area contributed by atoms with Crippen molar-refractivity contribution in [3.8, 4) is 0 Å². The van der Waals surface area contributed by atoms with E-state index in [9.17, 15) is 4.79 Å².